The third-order valence-electron chi connectivity index (χ3n) is 2.35. The fourth-order valence-corrected chi connectivity index (χ4v) is 1.79. The van der Waals surface area contributed by atoms with Gasteiger partial charge in [0.2, 0.25) is 0 Å². The number of carbonyl (C=O) groups is 1. The number of halogens is 4. The summed E-state index contributed by atoms with van der Waals surface area (Å²) in [5, 5.41) is 2.12. The van der Waals surface area contributed by atoms with E-state index in [1.807, 2.05) is 0 Å². The summed E-state index contributed by atoms with van der Waals surface area (Å²) in [5.74, 6) is -3.11. The van der Waals surface area contributed by atoms with E-state index in [4.69, 9.17) is 0 Å². The fraction of sp³-hybridized carbons (Fsp3) is 0. The second kappa shape index (κ2) is 5.44. The molecule has 0 atom stereocenters. The molecule has 1 amide bonds. The SMILES string of the molecule is O=C(Nc1cc(F)ccc1F)c1ccc(Br)cc1F. The average molecular weight is 330 g/mol. The Kier molecular flexibility index (Phi) is 3.90. The molecule has 0 aliphatic heterocycles. The van der Waals surface area contributed by atoms with Crippen LogP contribution in [0.2, 0.25) is 0 Å². The minimum atomic E-state index is -0.852. The number of benzene rings is 2. The Morgan fingerprint density at radius 3 is 2.42 bits per heavy atom. The molecule has 0 heterocycles. The zero-order chi connectivity index (χ0) is 14.0. The fourth-order valence-electron chi connectivity index (χ4n) is 1.46. The van der Waals surface area contributed by atoms with Crippen molar-refractivity contribution in [2.45, 2.75) is 0 Å². The minimum absolute atomic E-state index is 0.258. The number of carbonyl (C=O) groups excluding carboxylic acids is 1. The van der Waals surface area contributed by atoms with Crippen molar-refractivity contribution in [1.29, 1.82) is 0 Å². The quantitative estimate of drug-likeness (QED) is 0.882. The third kappa shape index (κ3) is 3.14. The lowest BCUT2D eigenvalue weighted by Crippen LogP contribution is -2.14. The minimum Gasteiger partial charge on any atom is -0.319 e. The van der Waals surface area contributed by atoms with Gasteiger partial charge >= 0.3 is 0 Å². The monoisotopic (exact) mass is 329 g/mol. The summed E-state index contributed by atoms with van der Waals surface area (Å²) < 4.78 is 40.3. The van der Waals surface area contributed by atoms with Crippen molar-refractivity contribution in [3.05, 3.63) is 63.9 Å². The molecular formula is C13H7BrF3NO. The van der Waals surface area contributed by atoms with Crippen LogP contribution in [-0.4, -0.2) is 5.91 Å². The van der Waals surface area contributed by atoms with Gasteiger partial charge in [0.05, 0.1) is 11.3 Å². The van der Waals surface area contributed by atoms with Crippen molar-refractivity contribution in [1.82, 2.24) is 0 Å². The van der Waals surface area contributed by atoms with E-state index in [1.54, 1.807) is 0 Å². The van der Waals surface area contributed by atoms with Gasteiger partial charge in [0.15, 0.2) is 0 Å². The zero-order valence-electron chi connectivity index (χ0n) is 9.38. The Bertz CT molecular complexity index is 646. The van der Waals surface area contributed by atoms with Gasteiger partial charge in [-0.1, -0.05) is 15.9 Å². The molecule has 0 aliphatic rings. The number of nitrogens with one attached hydrogen (secondary N) is 1. The van der Waals surface area contributed by atoms with Crippen molar-refractivity contribution in [3.63, 3.8) is 0 Å². The van der Waals surface area contributed by atoms with Crippen molar-refractivity contribution in [2.75, 3.05) is 5.32 Å². The van der Waals surface area contributed by atoms with Gasteiger partial charge in [-0.25, -0.2) is 13.2 Å². The van der Waals surface area contributed by atoms with E-state index in [0.29, 0.717) is 4.47 Å². The van der Waals surface area contributed by atoms with Crippen LogP contribution in [0.1, 0.15) is 10.4 Å². The highest BCUT2D eigenvalue weighted by molar-refractivity contribution is 9.10. The molecule has 98 valence electrons. The van der Waals surface area contributed by atoms with Crippen molar-refractivity contribution in [3.8, 4) is 0 Å². The Hall–Kier alpha value is -1.82. The van der Waals surface area contributed by atoms with E-state index in [1.165, 1.54) is 12.1 Å². The smallest absolute Gasteiger partial charge is 0.258 e. The summed E-state index contributed by atoms with van der Waals surface area (Å²) in [4.78, 5) is 11.8. The standard InChI is InChI=1S/C13H7BrF3NO/c14-7-1-3-9(11(17)5-7)13(19)18-12-6-8(15)2-4-10(12)16/h1-6H,(H,18,19). The lowest BCUT2D eigenvalue weighted by molar-refractivity contribution is 0.102. The van der Waals surface area contributed by atoms with Crippen LogP contribution in [0.4, 0.5) is 18.9 Å². The normalized spacial score (nSPS) is 10.3. The number of hydrogen-bond acceptors (Lipinski definition) is 1. The molecule has 0 radical (unpaired) electrons. The van der Waals surface area contributed by atoms with Crippen molar-refractivity contribution in [2.24, 2.45) is 0 Å². The number of hydrogen-bond donors (Lipinski definition) is 1. The molecule has 0 fully saturated rings. The molecule has 2 aromatic carbocycles. The van der Waals surface area contributed by atoms with E-state index >= 15 is 0 Å². The molecule has 0 aliphatic carbocycles. The van der Waals surface area contributed by atoms with E-state index in [0.717, 1.165) is 24.3 Å². The van der Waals surface area contributed by atoms with Gasteiger partial charge in [0.25, 0.3) is 5.91 Å². The second-order valence-electron chi connectivity index (χ2n) is 3.70. The molecule has 0 unspecified atom stereocenters. The van der Waals surface area contributed by atoms with Crippen LogP contribution in [0.25, 0.3) is 0 Å². The second-order valence-corrected chi connectivity index (χ2v) is 4.62. The van der Waals surface area contributed by atoms with Crippen LogP contribution < -0.4 is 5.32 Å². The number of anilines is 1. The van der Waals surface area contributed by atoms with Crippen LogP contribution in [0.5, 0.6) is 0 Å². The van der Waals surface area contributed by atoms with Crippen LogP contribution in [0.15, 0.2) is 40.9 Å². The third-order valence-corrected chi connectivity index (χ3v) is 2.85. The van der Waals surface area contributed by atoms with Crippen molar-refractivity contribution < 1.29 is 18.0 Å². The van der Waals surface area contributed by atoms with Gasteiger partial charge in [-0.15, -0.1) is 0 Å². The topological polar surface area (TPSA) is 29.1 Å². The van der Waals surface area contributed by atoms with Crippen molar-refractivity contribution >= 4 is 27.5 Å². The predicted octanol–water partition coefficient (Wildman–Crippen LogP) is 4.12. The molecule has 2 aromatic rings. The van der Waals surface area contributed by atoms with E-state index in [2.05, 4.69) is 21.2 Å². The number of rotatable bonds is 2. The first kappa shape index (κ1) is 13.6. The summed E-state index contributed by atoms with van der Waals surface area (Å²) in [6.45, 7) is 0. The maximum absolute atomic E-state index is 13.5. The summed E-state index contributed by atoms with van der Waals surface area (Å²) in [6.07, 6.45) is 0. The molecule has 0 bridgehead atoms. The van der Waals surface area contributed by atoms with Gasteiger partial charge in [0.1, 0.15) is 17.5 Å². The molecular weight excluding hydrogens is 323 g/mol. The Labute approximate surface area is 115 Å². The predicted molar refractivity (Wildman–Crippen MR) is 68.4 cm³/mol. The molecule has 0 aromatic heterocycles. The number of amides is 1. The molecule has 6 heteroatoms. The first-order chi connectivity index (χ1) is 8.97. The Morgan fingerprint density at radius 2 is 1.74 bits per heavy atom. The lowest BCUT2D eigenvalue weighted by Gasteiger charge is -2.07. The lowest BCUT2D eigenvalue weighted by atomic mass is 10.2. The molecule has 0 saturated heterocycles. The van der Waals surface area contributed by atoms with Crippen LogP contribution >= 0.6 is 15.9 Å². The highest BCUT2D eigenvalue weighted by Crippen LogP contribution is 2.19. The average Bonchev–Trinajstić information content (AvgIpc) is 2.33. The molecule has 1 N–H and O–H groups in total. The van der Waals surface area contributed by atoms with Crippen LogP contribution in [-0.2, 0) is 0 Å². The van der Waals surface area contributed by atoms with E-state index < -0.39 is 23.4 Å². The summed E-state index contributed by atoms with van der Waals surface area (Å²) in [6, 6.07) is 6.45. The highest BCUT2D eigenvalue weighted by atomic mass is 79.9. The van der Waals surface area contributed by atoms with Crippen LogP contribution in [0.3, 0.4) is 0 Å². The molecule has 0 spiro atoms. The zero-order valence-corrected chi connectivity index (χ0v) is 11.0. The Morgan fingerprint density at radius 1 is 1.00 bits per heavy atom. The van der Waals surface area contributed by atoms with Gasteiger partial charge in [-0.3, -0.25) is 4.79 Å². The van der Waals surface area contributed by atoms with Gasteiger partial charge < -0.3 is 5.32 Å². The largest absolute Gasteiger partial charge is 0.319 e. The first-order valence-electron chi connectivity index (χ1n) is 5.19. The molecule has 2 nitrogen and oxygen atoms in total. The maximum atomic E-state index is 13.5. The Balaban J connectivity index is 2.28. The van der Waals surface area contributed by atoms with Crippen LogP contribution in [0, 0.1) is 17.5 Å². The summed E-state index contributed by atoms with van der Waals surface area (Å²) >= 11 is 3.05. The van der Waals surface area contributed by atoms with Gasteiger partial charge in [0, 0.05) is 10.5 Å². The van der Waals surface area contributed by atoms with Gasteiger partial charge in [-0.05, 0) is 30.3 Å². The molecule has 2 rings (SSSR count). The summed E-state index contributed by atoms with van der Waals surface area (Å²) in [7, 11) is 0. The highest BCUT2D eigenvalue weighted by Gasteiger charge is 2.14. The molecule has 0 saturated carbocycles. The first-order valence-corrected chi connectivity index (χ1v) is 5.98. The van der Waals surface area contributed by atoms with E-state index in [9.17, 15) is 18.0 Å². The van der Waals surface area contributed by atoms with E-state index in [-0.39, 0.29) is 11.3 Å². The maximum Gasteiger partial charge on any atom is 0.258 e. The van der Waals surface area contributed by atoms with Gasteiger partial charge in [-0.2, -0.15) is 0 Å². The summed E-state index contributed by atoms with van der Waals surface area (Å²) in [5.41, 5.74) is -0.598. The molecule has 19 heavy (non-hydrogen) atoms.